The molecule has 0 saturated carbocycles. The normalized spacial score (nSPS) is 11.7. The summed E-state index contributed by atoms with van der Waals surface area (Å²) in [7, 11) is 0. The number of aromatic amines is 1. The summed E-state index contributed by atoms with van der Waals surface area (Å²) in [6, 6.07) is 11.7. The maximum absolute atomic E-state index is 15.2. The Hall–Kier alpha value is -5.30. The van der Waals surface area contributed by atoms with E-state index in [-0.39, 0.29) is 47.8 Å². The van der Waals surface area contributed by atoms with Crippen molar-refractivity contribution in [1.29, 1.82) is 0 Å². The number of nitrogens with one attached hydrogen (secondary N) is 3. The zero-order chi connectivity index (χ0) is 29.8. The molecule has 0 saturated heterocycles. The van der Waals surface area contributed by atoms with Gasteiger partial charge in [-0.15, -0.1) is 0 Å². The third-order valence-corrected chi connectivity index (χ3v) is 6.18. The fourth-order valence-electron chi connectivity index (χ4n) is 4.17. The van der Waals surface area contributed by atoms with E-state index < -0.39 is 23.1 Å². The Bertz CT molecular complexity index is 1810. The van der Waals surface area contributed by atoms with E-state index in [1.165, 1.54) is 59.4 Å². The van der Waals surface area contributed by atoms with Crippen molar-refractivity contribution < 1.29 is 28.2 Å². The van der Waals surface area contributed by atoms with Crippen LogP contribution in [0.4, 0.5) is 20.3 Å². The molecule has 0 fully saturated rings. The first-order valence-electron chi connectivity index (χ1n) is 12.9. The number of aromatic nitrogens is 4. The predicted octanol–water partition coefficient (Wildman–Crippen LogP) is 4.62. The lowest BCUT2D eigenvalue weighted by Crippen LogP contribution is -2.29. The van der Waals surface area contributed by atoms with Crippen molar-refractivity contribution in [3.8, 4) is 22.9 Å². The predicted molar refractivity (Wildman–Crippen MR) is 152 cm³/mol. The number of carbonyl (C=O) groups excluding carboxylic acids is 1. The fraction of sp³-hybridized carbons (Fsp3) is 0.172. The molecule has 42 heavy (non-hydrogen) atoms. The number of amides is 1. The van der Waals surface area contributed by atoms with Crippen LogP contribution in [0.2, 0.25) is 0 Å². The van der Waals surface area contributed by atoms with Crippen LogP contribution in [0.1, 0.15) is 24.2 Å². The first-order chi connectivity index (χ1) is 20.3. The molecule has 1 atom stereocenters. The number of hydrogen-bond donors (Lipinski definition) is 4. The van der Waals surface area contributed by atoms with Gasteiger partial charge in [0.2, 0.25) is 0 Å². The third kappa shape index (κ3) is 5.76. The number of H-pyrrole nitrogens is 1. The Morgan fingerprint density at radius 1 is 1.10 bits per heavy atom. The zero-order valence-electron chi connectivity index (χ0n) is 22.5. The molecule has 3 heterocycles. The molecule has 3 aromatic heterocycles. The molecule has 0 spiro atoms. The van der Waals surface area contributed by atoms with Crippen molar-refractivity contribution in [3.63, 3.8) is 0 Å². The van der Waals surface area contributed by atoms with E-state index >= 15 is 4.39 Å². The number of pyridine rings is 2. The van der Waals surface area contributed by atoms with Gasteiger partial charge in [0.25, 0.3) is 11.5 Å². The molecule has 0 aliphatic carbocycles. The van der Waals surface area contributed by atoms with Gasteiger partial charge in [0.1, 0.15) is 28.3 Å². The summed E-state index contributed by atoms with van der Waals surface area (Å²) in [5.41, 5.74) is -0.208. The molecular formula is C29H26F2N6O5. The standard InChI is InChI=1S/C29H26F2N6O5/c1-3-41-22-11-13-37(19-7-4-17(30)5-8-19)29(40)25(22)28(39)34-18-6-9-21(20(31)14-18)42-23-10-12-32-26-24(23)27(36-35-26)33-16(2)15-38/h4-14,16,38H,3,15H2,1-2H3,(H,34,39)(H2,32,33,35,36)/t16-/m1/s1. The summed E-state index contributed by atoms with van der Waals surface area (Å²) in [5, 5.41) is 22.3. The molecule has 0 aliphatic heterocycles. The fourth-order valence-corrected chi connectivity index (χ4v) is 4.17. The lowest BCUT2D eigenvalue weighted by molar-refractivity contribution is 0.102. The van der Waals surface area contributed by atoms with Gasteiger partial charge in [-0.25, -0.2) is 13.8 Å². The summed E-state index contributed by atoms with van der Waals surface area (Å²) < 4.78 is 41.1. The van der Waals surface area contributed by atoms with E-state index in [4.69, 9.17) is 9.47 Å². The Kier molecular flexibility index (Phi) is 8.11. The van der Waals surface area contributed by atoms with Crippen LogP contribution in [0.3, 0.4) is 0 Å². The SMILES string of the molecule is CCOc1ccn(-c2ccc(F)cc2)c(=O)c1C(=O)Nc1ccc(Oc2ccnc3[nH]nc(N[C@H](C)CO)c23)c(F)c1. The largest absolute Gasteiger partial charge is 0.493 e. The molecular weight excluding hydrogens is 550 g/mol. The molecule has 4 N–H and O–H groups in total. The summed E-state index contributed by atoms with van der Waals surface area (Å²) in [4.78, 5) is 30.8. The number of carbonyl (C=O) groups is 1. The highest BCUT2D eigenvalue weighted by Gasteiger charge is 2.21. The van der Waals surface area contributed by atoms with Crippen molar-refractivity contribution in [1.82, 2.24) is 19.7 Å². The van der Waals surface area contributed by atoms with Gasteiger partial charge in [0.15, 0.2) is 23.0 Å². The lowest BCUT2D eigenvalue weighted by Gasteiger charge is -2.14. The molecule has 216 valence electrons. The molecule has 11 nitrogen and oxygen atoms in total. The van der Waals surface area contributed by atoms with Crippen molar-refractivity contribution >= 4 is 28.4 Å². The highest BCUT2D eigenvalue weighted by Crippen LogP contribution is 2.34. The summed E-state index contributed by atoms with van der Waals surface area (Å²) in [6.07, 6.45) is 2.89. The van der Waals surface area contributed by atoms with Gasteiger partial charge in [-0.3, -0.25) is 19.3 Å². The Morgan fingerprint density at radius 2 is 1.88 bits per heavy atom. The minimum Gasteiger partial charge on any atom is -0.493 e. The van der Waals surface area contributed by atoms with E-state index in [9.17, 15) is 19.1 Å². The van der Waals surface area contributed by atoms with E-state index in [1.807, 2.05) is 0 Å². The Labute approximate surface area is 237 Å². The number of halogens is 2. The summed E-state index contributed by atoms with van der Waals surface area (Å²) in [5.74, 6) is -1.56. The van der Waals surface area contributed by atoms with Crippen LogP contribution < -0.4 is 25.7 Å². The summed E-state index contributed by atoms with van der Waals surface area (Å²) >= 11 is 0. The molecule has 1 amide bonds. The van der Waals surface area contributed by atoms with Gasteiger partial charge < -0.3 is 25.2 Å². The average molecular weight is 577 g/mol. The van der Waals surface area contributed by atoms with Crippen LogP contribution in [0.5, 0.6) is 17.2 Å². The van der Waals surface area contributed by atoms with E-state index in [0.717, 1.165) is 6.07 Å². The maximum atomic E-state index is 15.2. The third-order valence-electron chi connectivity index (χ3n) is 6.18. The minimum atomic E-state index is -0.823. The molecule has 2 aromatic carbocycles. The molecule has 0 bridgehead atoms. The van der Waals surface area contributed by atoms with Crippen LogP contribution in [-0.4, -0.2) is 50.0 Å². The van der Waals surface area contributed by atoms with Gasteiger partial charge in [-0.05, 0) is 56.3 Å². The van der Waals surface area contributed by atoms with Crippen molar-refractivity contribution in [2.75, 3.05) is 23.8 Å². The van der Waals surface area contributed by atoms with Gasteiger partial charge in [0, 0.05) is 41.9 Å². The molecule has 13 heteroatoms. The van der Waals surface area contributed by atoms with Gasteiger partial charge in [-0.1, -0.05) is 0 Å². The van der Waals surface area contributed by atoms with Crippen LogP contribution in [0.15, 0.2) is 71.8 Å². The lowest BCUT2D eigenvalue weighted by atomic mass is 10.2. The summed E-state index contributed by atoms with van der Waals surface area (Å²) in [6.45, 7) is 3.51. The Balaban J connectivity index is 1.41. The van der Waals surface area contributed by atoms with Gasteiger partial charge in [0.05, 0.1) is 13.2 Å². The second-order valence-corrected chi connectivity index (χ2v) is 9.17. The number of anilines is 2. The quantitative estimate of drug-likeness (QED) is 0.189. The minimum absolute atomic E-state index is 0.0422. The molecule has 0 radical (unpaired) electrons. The van der Waals surface area contributed by atoms with Crippen LogP contribution in [-0.2, 0) is 0 Å². The second-order valence-electron chi connectivity index (χ2n) is 9.17. The van der Waals surface area contributed by atoms with E-state index in [2.05, 4.69) is 25.8 Å². The number of aliphatic hydroxyl groups is 1. The average Bonchev–Trinajstić information content (AvgIpc) is 3.38. The van der Waals surface area contributed by atoms with E-state index in [1.54, 1.807) is 19.9 Å². The number of ether oxygens (including phenoxy) is 2. The van der Waals surface area contributed by atoms with Crippen LogP contribution in [0.25, 0.3) is 16.7 Å². The highest BCUT2D eigenvalue weighted by atomic mass is 19.1. The zero-order valence-corrected chi connectivity index (χ0v) is 22.5. The van der Waals surface area contributed by atoms with Gasteiger partial charge in [-0.2, -0.15) is 5.10 Å². The molecule has 0 unspecified atom stereocenters. The van der Waals surface area contributed by atoms with Crippen LogP contribution in [0, 0.1) is 11.6 Å². The molecule has 5 aromatic rings. The monoisotopic (exact) mass is 576 g/mol. The number of hydrogen-bond acceptors (Lipinski definition) is 8. The Morgan fingerprint density at radius 3 is 2.60 bits per heavy atom. The second kappa shape index (κ2) is 12.1. The maximum Gasteiger partial charge on any atom is 0.271 e. The van der Waals surface area contributed by atoms with Crippen molar-refractivity contribution in [2.45, 2.75) is 19.9 Å². The first-order valence-corrected chi connectivity index (χ1v) is 12.9. The van der Waals surface area contributed by atoms with E-state index in [0.29, 0.717) is 22.5 Å². The van der Waals surface area contributed by atoms with Crippen molar-refractivity contribution in [3.05, 3.63) is 94.5 Å². The van der Waals surface area contributed by atoms with Gasteiger partial charge >= 0.3 is 0 Å². The number of rotatable bonds is 10. The molecule has 5 rings (SSSR count). The van der Waals surface area contributed by atoms with Crippen molar-refractivity contribution in [2.24, 2.45) is 0 Å². The number of nitrogens with zero attached hydrogens (tertiary/aromatic N) is 3. The number of benzene rings is 2. The smallest absolute Gasteiger partial charge is 0.271 e. The topological polar surface area (TPSA) is 143 Å². The highest BCUT2D eigenvalue weighted by molar-refractivity contribution is 6.06. The van der Waals surface area contributed by atoms with Crippen LogP contribution >= 0.6 is 0 Å². The number of fused-ring (bicyclic) bond motifs is 1. The number of aliphatic hydroxyl groups excluding tert-OH is 1. The molecule has 0 aliphatic rings. The first kappa shape index (κ1) is 28.2.